The zero-order valence-electron chi connectivity index (χ0n) is 15.1. The topological polar surface area (TPSA) is 57.4 Å². The van der Waals surface area contributed by atoms with Crippen LogP contribution >= 0.6 is 11.3 Å². The number of hydrogen-bond donors (Lipinski definition) is 0. The van der Waals surface area contributed by atoms with Gasteiger partial charge in [-0.25, -0.2) is 4.98 Å². The summed E-state index contributed by atoms with van der Waals surface area (Å²) in [6, 6.07) is 13.9. The van der Waals surface area contributed by atoms with Crippen molar-refractivity contribution in [3.05, 3.63) is 59.6 Å². The molecule has 2 aromatic heterocycles. The van der Waals surface area contributed by atoms with E-state index in [4.69, 9.17) is 13.9 Å². The van der Waals surface area contributed by atoms with Crippen LogP contribution in [0.15, 0.2) is 58.5 Å². The van der Waals surface area contributed by atoms with Crippen LogP contribution in [-0.2, 0) is 6.61 Å². The fourth-order valence-corrected chi connectivity index (χ4v) is 3.37. The molecular weight excluding hydrogens is 360 g/mol. The Balaban J connectivity index is 1.67. The van der Waals surface area contributed by atoms with E-state index in [0.717, 1.165) is 29.0 Å². The lowest BCUT2D eigenvalue weighted by Gasteiger charge is -2.07. The van der Waals surface area contributed by atoms with Gasteiger partial charge in [0.15, 0.2) is 11.1 Å². The Labute approximate surface area is 161 Å². The molecule has 0 N–H and O–H groups in total. The summed E-state index contributed by atoms with van der Waals surface area (Å²) in [4.78, 5) is 8.92. The third-order valence-corrected chi connectivity index (χ3v) is 4.92. The fraction of sp³-hybridized carbons (Fsp3) is 0.238. The zero-order chi connectivity index (χ0) is 18.5. The number of ether oxygens (including phenoxy) is 2. The first kappa shape index (κ1) is 17.5. The largest absolute Gasteiger partial charge is 0.486 e. The molecule has 0 unspecified atom stereocenters. The third-order valence-electron chi connectivity index (χ3n) is 4.11. The minimum atomic E-state index is 0.270. The molecule has 2 heterocycles. The van der Waals surface area contributed by atoms with E-state index in [-0.39, 0.29) is 6.08 Å². The first-order valence-electron chi connectivity index (χ1n) is 8.98. The average molecular weight is 380 g/mol. The second-order valence-corrected chi connectivity index (χ2v) is 6.98. The molecule has 4 aromatic rings. The molecule has 2 aromatic carbocycles. The first-order chi connectivity index (χ1) is 13.3. The Hall–Kier alpha value is -2.86. The first-order valence-corrected chi connectivity index (χ1v) is 9.86. The maximum atomic E-state index is 6.02. The smallest absolute Gasteiger partial charge is 0.394 e. The molecule has 0 atom stereocenters. The van der Waals surface area contributed by atoms with Crippen molar-refractivity contribution < 1.29 is 13.9 Å². The molecular formula is C21H20N2O3S. The number of oxazole rings is 1. The van der Waals surface area contributed by atoms with Crippen LogP contribution in [0.25, 0.3) is 21.7 Å². The van der Waals surface area contributed by atoms with Crippen LogP contribution in [0.3, 0.4) is 0 Å². The molecule has 4 rings (SSSR count). The summed E-state index contributed by atoms with van der Waals surface area (Å²) in [5.74, 6) is 0.670. The van der Waals surface area contributed by atoms with E-state index in [1.165, 1.54) is 0 Å². The fourth-order valence-electron chi connectivity index (χ4n) is 2.71. The van der Waals surface area contributed by atoms with Gasteiger partial charge in [0.25, 0.3) is 0 Å². The highest BCUT2D eigenvalue weighted by Gasteiger charge is 2.18. The van der Waals surface area contributed by atoms with E-state index in [1.807, 2.05) is 47.8 Å². The highest BCUT2D eigenvalue weighted by atomic mass is 32.1. The lowest BCUT2D eigenvalue weighted by molar-refractivity contribution is 0.232. The van der Waals surface area contributed by atoms with Crippen LogP contribution in [0, 0.1) is 0 Å². The molecule has 0 bridgehead atoms. The molecule has 0 fully saturated rings. The quantitative estimate of drug-likeness (QED) is 0.367. The number of thiazole rings is 1. The van der Waals surface area contributed by atoms with Gasteiger partial charge in [-0.2, -0.15) is 4.98 Å². The van der Waals surface area contributed by atoms with Crippen molar-refractivity contribution in [3.63, 3.8) is 0 Å². The second kappa shape index (κ2) is 8.22. The van der Waals surface area contributed by atoms with E-state index in [2.05, 4.69) is 16.9 Å². The van der Waals surface area contributed by atoms with E-state index in [9.17, 15) is 0 Å². The van der Waals surface area contributed by atoms with Gasteiger partial charge in [-0.15, -0.1) is 11.3 Å². The molecule has 0 aliphatic carbocycles. The standard InChI is InChI=1S/C21H20N2O3S/c1-2-3-12-24-21-23-18-17(25-14-15-7-5-4-6-8-15)10-9-16(19(18)26-21)20-22-11-13-27-20/h4-11,13H,2-3,12,14H2,1H3. The van der Waals surface area contributed by atoms with Crippen LogP contribution in [0.4, 0.5) is 0 Å². The molecule has 0 aliphatic rings. The minimum Gasteiger partial charge on any atom is -0.486 e. The van der Waals surface area contributed by atoms with Gasteiger partial charge in [0, 0.05) is 11.6 Å². The van der Waals surface area contributed by atoms with Gasteiger partial charge in [0.1, 0.15) is 17.4 Å². The Morgan fingerprint density at radius 3 is 2.74 bits per heavy atom. The van der Waals surface area contributed by atoms with E-state index < -0.39 is 0 Å². The molecule has 138 valence electrons. The van der Waals surface area contributed by atoms with E-state index in [0.29, 0.717) is 30.1 Å². The Morgan fingerprint density at radius 1 is 1.07 bits per heavy atom. The summed E-state index contributed by atoms with van der Waals surface area (Å²) >= 11 is 1.56. The van der Waals surface area contributed by atoms with Crippen molar-refractivity contribution in [1.29, 1.82) is 0 Å². The number of hydrogen-bond acceptors (Lipinski definition) is 6. The summed E-state index contributed by atoms with van der Waals surface area (Å²) in [6.45, 7) is 3.16. The van der Waals surface area contributed by atoms with Gasteiger partial charge in [-0.1, -0.05) is 43.7 Å². The highest BCUT2D eigenvalue weighted by molar-refractivity contribution is 7.13. The van der Waals surface area contributed by atoms with Gasteiger partial charge < -0.3 is 13.9 Å². The molecule has 0 radical (unpaired) electrons. The van der Waals surface area contributed by atoms with Crippen molar-refractivity contribution in [1.82, 2.24) is 9.97 Å². The summed E-state index contributed by atoms with van der Waals surface area (Å²) in [6.07, 6.45) is 4.05. The van der Waals surface area contributed by atoms with Gasteiger partial charge in [-0.3, -0.25) is 0 Å². The van der Waals surface area contributed by atoms with Gasteiger partial charge >= 0.3 is 6.08 Å². The molecule has 5 nitrogen and oxygen atoms in total. The van der Waals surface area contributed by atoms with E-state index >= 15 is 0 Å². The average Bonchev–Trinajstić information content (AvgIpc) is 3.37. The maximum Gasteiger partial charge on any atom is 0.394 e. The maximum absolute atomic E-state index is 6.02. The van der Waals surface area contributed by atoms with Crippen LogP contribution in [0.5, 0.6) is 11.8 Å². The zero-order valence-corrected chi connectivity index (χ0v) is 15.9. The number of benzene rings is 2. The van der Waals surface area contributed by atoms with Gasteiger partial charge in [0.2, 0.25) is 0 Å². The molecule has 0 aliphatic heterocycles. The van der Waals surface area contributed by atoms with Crippen LogP contribution in [-0.4, -0.2) is 16.6 Å². The highest BCUT2D eigenvalue weighted by Crippen LogP contribution is 2.37. The van der Waals surface area contributed by atoms with Crippen molar-refractivity contribution in [3.8, 4) is 22.4 Å². The van der Waals surface area contributed by atoms with Crippen LogP contribution < -0.4 is 9.47 Å². The third kappa shape index (κ3) is 3.95. The normalized spacial score (nSPS) is 11.0. The summed E-state index contributed by atoms with van der Waals surface area (Å²) in [5, 5.41) is 2.82. The SMILES string of the molecule is CCCCOc1nc2c(OCc3ccccc3)ccc(-c3nccs3)c2o1. The predicted octanol–water partition coefficient (Wildman–Crippen LogP) is 5.71. The molecule has 0 spiro atoms. The molecule has 0 saturated heterocycles. The Bertz CT molecular complexity index is 997. The summed E-state index contributed by atoms with van der Waals surface area (Å²) in [7, 11) is 0. The van der Waals surface area contributed by atoms with Crippen LogP contribution in [0.1, 0.15) is 25.3 Å². The van der Waals surface area contributed by atoms with Crippen LogP contribution in [0.2, 0.25) is 0 Å². The van der Waals surface area contributed by atoms with Crippen molar-refractivity contribution in [2.75, 3.05) is 6.61 Å². The summed E-state index contributed by atoms with van der Waals surface area (Å²) in [5.41, 5.74) is 3.29. The molecule has 0 amide bonds. The van der Waals surface area contributed by atoms with Crippen molar-refractivity contribution in [2.24, 2.45) is 0 Å². The Kier molecular flexibility index (Phi) is 5.34. The van der Waals surface area contributed by atoms with Gasteiger partial charge in [0.05, 0.1) is 12.2 Å². The van der Waals surface area contributed by atoms with Crippen molar-refractivity contribution >= 4 is 22.4 Å². The monoisotopic (exact) mass is 380 g/mol. The van der Waals surface area contributed by atoms with Gasteiger partial charge in [-0.05, 0) is 24.1 Å². The second-order valence-electron chi connectivity index (χ2n) is 6.08. The molecule has 0 saturated carbocycles. The lowest BCUT2D eigenvalue weighted by Crippen LogP contribution is -1.97. The number of rotatable bonds is 8. The number of unbranched alkanes of at least 4 members (excludes halogenated alkanes) is 1. The lowest BCUT2D eigenvalue weighted by atomic mass is 10.2. The Morgan fingerprint density at radius 2 is 1.96 bits per heavy atom. The van der Waals surface area contributed by atoms with Crippen molar-refractivity contribution in [2.45, 2.75) is 26.4 Å². The number of aromatic nitrogens is 2. The predicted molar refractivity (Wildman–Crippen MR) is 106 cm³/mol. The number of fused-ring (bicyclic) bond motifs is 1. The molecule has 6 heteroatoms. The van der Waals surface area contributed by atoms with E-state index in [1.54, 1.807) is 17.5 Å². The minimum absolute atomic E-state index is 0.270. The molecule has 27 heavy (non-hydrogen) atoms. The summed E-state index contributed by atoms with van der Waals surface area (Å²) < 4.78 is 17.6. The number of nitrogens with zero attached hydrogens (tertiary/aromatic N) is 2.